The molecule has 1 aromatic rings. The largest absolute Gasteiger partial charge is 0.478 e. The molecule has 0 amide bonds. The molecular weight excluding hydrogens is 200 g/mol. The van der Waals surface area contributed by atoms with E-state index < -0.39 is 0 Å². The number of hydrogen-bond donors (Lipinski definition) is 0. The summed E-state index contributed by atoms with van der Waals surface area (Å²) in [6.45, 7) is 7.22. The van der Waals surface area contributed by atoms with Crippen molar-refractivity contribution < 1.29 is 4.74 Å². The van der Waals surface area contributed by atoms with Crippen LogP contribution in [0, 0.1) is 0 Å². The summed E-state index contributed by atoms with van der Waals surface area (Å²) in [4.78, 5) is 6.84. The average molecular weight is 220 g/mol. The standard InChI is InChI=1S/C13H20N2O/c1-3-15-9-5-6-12(15)11-7-8-13(14-10-11)16-4-2/h7-8,10,12H,3-6,9H2,1-2H3/t12-/m0/s1. The Kier molecular flexibility index (Phi) is 3.78. The molecule has 2 rings (SSSR count). The normalized spacial score (nSPS) is 21.2. The number of aromatic nitrogens is 1. The quantitative estimate of drug-likeness (QED) is 0.780. The molecule has 0 N–H and O–H groups in total. The molecule has 0 bridgehead atoms. The van der Waals surface area contributed by atoms with E-state index in [1.54, 1.807) is 0 Å². The van der Waals surface area contributed by atoms with Crippen molar-refractivity contribution in [2.45, 2.75) is 32.7 Å². The van der Waals surface area contributed by atoms with Crippen LogP contribution in [-0.2, 0) is 0 Å². The van der Waals surface area contributed by atoms with Gasteiger partial charge in [-0.05, 0) is 38.4 Å². The first-order chi connectivity index (χ1) is 7.85. The third-order valence-corrected chi connectivity index (χ3v) is 3.21. The Hall–Kier alpha value is -1.09. The van der Waals surface area contributed by atoms with E-state index >= 15 is 0 Å². The van der Waals surface area contributed by atoms with Crippen LogP contribution in [0.25, 0.3) is 0 Å². The highest BCUT2D eigenvalue weighted by Crippen LogP contribution is 2.31. The molecule has 3 heteroatoms. The number of rotatable bonds is 4. The Labute approximate surface area is 97.4 Å². The first-order valence-corrected chi connectivity index (χ1v) is 6.18. The summed E-state index contributed by atoms with van der Waals surface area (Å²) in [5.74, 6) is 0.729. The number of pyridine rings is 1. The molecule has 1 aliphatic heterocycles. The summed E-state index contributed by atoms with van der Waals surface area (Å²) in [5, 5.41) is 0. The molecule has 1 saturated heterocycles. The van der Waals surface area contributed by atoms with Crippen molar-refractivity contribution in [2.75, 3.05) is 19.7 Å². The highest BCUT2D eigenvalue weighted by atomic mass is 16.5. The second-order valence-electron chi connectivity index (χ2n) is 4.15. The highest BCUT2D eigenvalue weighted by Gasteiger charge is 2.24. The summed E-state index contributed by atoms with van der Waals surface area (Å²) < 4.78 is 5.35. The maximum absolute atomic E-state index is 5.35. The van der Waals surface area contributed by atoms with Gasteiger partial charge in [-0.2, -0.15) is 0 Å². The first-order valence-electron chi connectivity index (χ1n) is 6.18. The smallest absolute Gasteiger partial charge is 0.213 e. The fourth-order valence-corrected chi connectivity index (χ4v) is 2.40. The van der Waals surface area contributed by atoms with Crippen molar-refractivity contribution in [1.29, 1.82) is 0 Å². The minimum Gasteiger partial charge on any atom is -0.478 e. The van der Waals surface area contributed by atoms with Gasteiger partial charge in [0.05, 0.1) is 6.61 Å². The van der Waals surface area contributed by atoms with Crippen LogP contribution in [0.3, 0.4) is 0 Å². The molecule has 88 valence electrons. The summed E-state index contributed by atoms with van der Waals surface area (Å²) in [6, 6.07) is 4.69. The number of hydrogen-bond acceptors (Lipinski definition) is 3. The van der Waals surface area contributed by atoms with Crippen molar-refractivity contribution in [3.63, 3.8) is 0 Å². The van der Waals surface area contributed by atoms with E-state index in [9.17, 15) is 0 Å². The summed E-state index contributed by atoms with van der Waals surface area (Å²) in [7, 11) is 0. The lowest BCUT2D eigenvalue weighted by Crippen LogP contribution is -2.22. The van der Waals surface area contributed by atoms with Crippen molar-refractivity contribution in [1.82, 2.24) is 9.88 Å². The van der Waals surface area contributed by atoms with Gasteiger partial charge in [-0.15, -0.1) is 0 Å². The predicted molar refractivity (Wildman–Crippen MR) is 64.6 cm³/mol. The van der Waals surface area contributed by atoms with Gasteiger partial charge >= 0.3 is 0 Å². The van der Waals surface area contributed by atoms with Gasteiger partial charge in [0, 0.05) is 18.3 Å². The molecule has 2 heterocycles. The van der Waals surface area contributed by atoms with E-state index in [1.807, 2.05) is 19.2 Å². The van der Waals surface area contributed by atoms with Crippen LogP contribution < -0.4 is 4.74 Å². The number of ether oxygens (including phenoxy) is 1. The van der Waals surface area contributed by atoms with Crippen LogP contribution in [0.15, 0.2) is 18.3 Å². The Balaban J connectivity index is 2.08. The summed E-state index contributed by atoms with van der Waals surface area (Å²) >= 11 is 0. The van der Waals surface area contributed by atoms with Crippen LogP contribution in [-0.4, -0.2) is 29.6 Å². The molecule has 0 spiro atoms. The molecular formula is C13H20N2O. The maximum Gasteiger partial charge on any atom is 0.213 e. The minimum atomic E-state index is 0.563. The van der Waals surface area contributed by atoms with Gasteiger partial charge in [-0.1, -0.05) is 13.0 Å². The van der Waals surface area contributed by atoms with Crippen molar-refractivity contribution in [2.24, 2.45) is 0 Å². The summed E-state index contributed by atoms with van der Waals surface area (Å²) in [5.41, 5.74) is 1.32. The van der Waals surface area contributed by atoms with Crippen LogP contribution in [0.1, 0.15) is 38.3 Å². The topological polar surface area (TPSA) is 25.4 Å². The number of nitrogens with zero attached hydrogens (tertiary/aromatic N) is 2. The van der Waals surface area contributed by atoms with Gasteiger partial charge in [-0.3, -0.25) is 4.90 Å². The second kappa shape index (κ2) is 5.30. The van der Waals surface area contributed by atoms with Crippen LogP contribution in [0.2, 0.25) is 0 Å². The zero-order valence-electron chi connectivity index (χ0n) is 10.1. The van der Waals surface area contributed by atoms with E-state index in [4.69, 9.17) is 4.74 Å². The molecule has 1 aromatic heterocycles. The minimum absolute atomic E-state index is 0.563. The molecule has 0 radical (unpaired) electrons. The summed E-state index contributed by atoms with van der Waals surface area (Å²) in [6.07, 6.45) is 4.51. The van der Waals surface area contributed by atoms with Gasteiger partial charge in [0.2, 0.25) is 5.88 Å². The zero-order chi connectivity index (χ0) is 11.4. The van der Waals surface area contributed by atoms with E-state index in [1.165, 1.54) is 24.9 Å². The maximum atomic E-state index is 5.35. The molecule has 0 aliphatic carbocycles. The van der Waals surface area contributed by atoms with Crippen LogP contribution in [0.4, 0.5) is 0 Å². The van der Waals surface area contributed by atoms with E-state index in [0.29, 0.717) is 12.6 Å². The van der Waals surface area contributed by atoms with Gasteiger partial charge in [-0.25, -0.2) is 4.98 Å². The predicted octanol–water partition coefficient (Wildman–Crippen LogP) is 2.64. The third-order valence-electron chi connectivity index (χ3n) is 3.21. The average Bonchev–Trinajstić information content (AvgIpc) is 2.78. The SMILES string of the molecule is CCOc1ccc([C@@H]2CCCN2CC)cn1. The molecule has 1 aliphatic rings. The van der Waals surface area contributed by atoms with Crippen molar-refractivity contribution in [3.05, 3.63) is 23.9 Å². The first kappa shape index (κ1) is 11.4. The van der Waals surface area contributed by atoms with Crippen LogP contribution in [0.5, 0.6) is 5.88 Å². The molecule has 0 saturated carbocycles. The van der Waals surface area contributed by atoms with E-state index in [-0.39, 0.29) is 0 Å². The monoisotopic (exact) mass is 220 g/mol. The van der Waals surface area contributed by atoms with Crippen molar-refractivity contribution >= 4 is 0 Å². The Morgan fingerprint density at radius 1 is 1.44 bits per heavy atom. The molecule has 16 heavy (non-hydrogen) atoms. The Bertz CT molecular complexity index is 323. The van der Waals surface area contributed by atoms with Gasteiger partial charge < -0.3 is 4.74 Å². The van der Waals surface area contributed by atoms with Crippen LogP contribution >= 0.6 is 0 Å². The van der Waals surface area contributed by atoms with Gasteiger partial charge in [0.1, 0.15) is 0 Å². The highest BCUT2D eigenvalue weighted by molar-refractivity contribution is 5.21. The molecule has 1 fully saturated rings. The van der Waals surface area contributed by atoms with Gasteiger partial charge in [0.15, 0.2) is 0 Å². The lowest BCUT2D eigenvalue weighted by molar-refractivity contribution is 0.270. The molecule has 1 atom stereocenters. The second-order valence-corrected chi connectivity index (χ2v) is 4.15. The fraction of sp³-hybridized carbons (Fsp3) is 0.615. The molecule has 3 nitrogen and oxygen atoms in total. The zero-order valence-corrected chi connectivity index (χ0v) is 10.1. The van der Waals surface area contributed by atoms with E-state index in [0.717, 1.165) is 12.4 Å². The Morgan fingerprint density at radius 2 is 2.31 bits per heavy atom. The lowest BCUT2D eigenvalue weighted by Gasteiger charge is -2.22. The fourth-order valence-electron chi connectivity index (χ4n) is 2.40. The van der Waals surface area contributed by atoms with Gasteiger partial charge in [0.25, 0.3) is 0 Å². The molecule has 0 aromatic carbocycles. The third kappa shape index (κ3) is 2.35. The van der Waals surface area contributed by atoms with Crippen molar-refractivity contribution in [3.8, 4) is 5.88 Å². The van der Waals surface area contributed by atoms with E-state index in [2.05, 4.69) is 22.9 Å². The number of likely N-dealkylation sites (tertiary alicyclic amines) is 1. The lowest BCUT2D eigenvalue weighted by atomic mass is 10.1. The molecule has 0 unspecified atom stereocenters. The Morgan fingerprint density at radius 3 is 2.94 bits per heavy atom.